The van der Waals surface area contributed by atoms with Gasteiger partial charge in [0, 0.05) is 6.61 Å². The summed E-state index contributed by atoms with van der Waals surface area (Å²) in [4.78, 5) is 0. The van der Waals surface area contributed by atoms with E-state index in [9.17, 15) is 0 Å². The average molecular weight is 358 g/mol. The van der Waals surface area contributed by atoms with Crippen LogP contribution in [0.1, 0.15) is 110 Å². The molecular weight excluding hydrogens is 312 g/mol. The summed E-state index contributed by atoms with van der Waals surface area (Å²) < 4.78 is 5.81. The van der Waals surface area contributed by atoms with Gasteiger partial charge in [-0.25, -0.2) is 0 Å². The van der Waals surface area contributed by atoms with Crippen LogP contribution in [0, 0.1) is 0 Å². The molecule has 2 unspecified atom stereocenters. The first-order valence-electron chi connectivity index (χ1n) is 11.0. The summed E-state index contributed by atoms with van der Waals surface area (Å²) in [6.45, 7) is 3.32. The summed E-state index contributed by atoms with van der Waals surface area (Å²) in [5.41, 5.74) is 0. The van der Waals surface area contributed by atoms with E-state index in [0.29, 0.717) is 17.0 Å². The minimum atomic E-state index is 0.601. The van der Waals surface area contributed by atoms with E-state index < -0.39 is 0 Å². The van der Waals surface area contributed by atoms with E-state index in [1.807, 2.05) is 0 Å². The fourth-order valence-electron chi connectivity index (χ4n) is 3.69. The highest BCUT2D eigenvalue weighted by atomic mass is 32.2. The van der Waals surface area contributed by atoms with E-state index in [-0.39, 0.29) is 0 Å². The molecule has 0 aromatic rings. The van der Waals surface area contributed by atoms with E-state index >= 15 is 0 Å². The van der Waals surface area contributed by atoms with Crippen LogP contribution in [0.5, 0.6) is 0 Å². The molecule has 0 amide bonds. The molecule has 0 radical (unpaired) electrons. The van der Waals surface area contributed by atoms with Crippen molar-refractivity contribution in [2.24, 2.45) is 0 Å². The van der Waals surface area contributed by atoms with Crippen LogP contribution in [0.25, 0.3) is 0 Å². The molecule has 144 valence electrons. The van der Waals surface area contributed by atoms with Crippen molar-refractivity contribution in [1.82, 2.24) is 0 Å². The maximum Gasteiger partial charge on any atom is 0.107 e. The zero-order valence-electron chi connectivity index (χ0n) is 16.8. The third-order valence-corrected chi connectivity index (χ3v) is 7.36. The van der Waals surface area contributed by atoms with E-state index in [2.05, 4.69) is 13.2 Å². The van der Waals surface area contributed by atoms with Gasteiger partial charge in [-0.2, -0.15) is 0 Å². The zero-order chi connectivity index (χ0) is 17.3. The number of hydrogen-bond donors (Lipinski definition) is 0. The van der Waals surface area contributed by atoms with E-state index in [0.717, 1.165) is 6.61 Å². The molecule has 24 heavy (non-hydrogen) atoms. The van der Waals surface area contributed by atoms with Gasteiger partial charge in [-0.15, -0.1) is 0 Å². The van der Waals surface area contributed by atoms with Gasteiger partial charge in [0.15, 0.2) is 0 Å². The van der Waals surface area contributed by atoms with E-state index in [1.165, 1.54) is 114 Å². The Morgan fingerprint density at radius 3 is 1.92 bits per heavy atom. The first-order valence-corrected chi connectivity index (χ1v) is 13.0. The Hall–Kier alpha value is 0.310. The lowest BCUT2D eigenvalue weighted by atomic mass is 10.0. The Labute approximate surface area is 156 Å². The van der Waals surface area contributed by atoms with Crippen molar-refractivity contribution in [2.45, 2.75) is 116 Å². The fraction of sp³-hybridized carbons (Fsp3) is 1.00. The molecule has 2 heteroatoms. The van der Waals surface area contributed by atoms with Gasteiger partial charge in [0.25, 0.3) is 0 Å². The van der Waals surface area contributed by atoms with Crippen molar-refractivity contribution >= 4 is 10.9 Å². The maximum absolute atomic E-state index is 5.81. The molecule has 2 atom stereocenters. The first-order chi connectivity index (χ1) is 11.8. The molecule has 1 aliphatic heterocycles. The molecule has 0 N–H and O–H groups in total. The Balaban J connectivity index is 1.74. The lowest BCUT2D eigenvalue weighted by Crippen LogP contribution is -2.18. The second-order valence-electron chi connectivity index (χ2n) is 7.86. The van der Waals surface area contributed by atoms with Gasteiger partial charge in [0.05, 0.1) is 12.4 Å². The zero-order valence-corrected chi connectivity index (χ0v) is 17.6. The summed E-state index contributed by atoms with van der Waals surface area (Å²) in [6, 6.07) is 0. The molecule has 1 nitrogen and oxygen atoms in total. The molecule has 1 saturated heterocycles. The van der Waals surface area contributed by atoms with Crippen LogP contribution in [-0.4, -0.2) is 30.5 Å². The van der Waals surface area contributed by atoms with Crippen LogP contribution < -0.4 is 0 Å². The summed E-state index contributed by atoms with van der Waals surface area (Å²) in [5, 5.41) is 0. The van der Waals surface area contributed by atoms with Crippen molar-refractivity contribution in [3.8, 4) is 0 Å². The van der Waals surface area contributed by atoms with Crippen molar-refractivity contribution in [3.05, 3.63) is 0 Å². The SMILES string of the molecule is CCCCCC[S+](C)CCCCCCCCCCC1CCCCO1. The first kappa shape index (κ1) is 22.4. The predicted octanol–water partition coefficient (Wildman–Crippen LogP) is 6.89. The third kappa shape index (κ3) is 13.6. The number of rotatable bonds is 16. The Kier molecular flexibility index (Phi) is 15.6. The molecular formula is C22H45OS+. The summed E-state index contributed by atoms with van der Waals surface area (Å²) in [6.07, 6.45) is 25.7. The molecule has 0 aliphatic carbocycles. The summed E-state index contributed by atoms with van der Waals surface area (Å²) in [5.74, 6) is 2.98. The van der Waals surface area contributed by atoms with Gasteiger partial charge >= 0.3 is 0 Å². The molecule has 0 bridgehead atoms. The van der Waals surface area contributed by atoms with E-state index in [4.69, 9.17) is 4.74 Å². The highest BCUT2D eigenvalue weighted by Gasteiger charge is 2.12. The minimum absolute atomic E-state index is 0.601. The molecule has 0 aromatic heterocycles. The highest BCUT2D eigenvalue weighted by Crippen LogP contribution is 2.19. The van der Waals surface area contributed by atoms with Gasteiger partial charge in [0.2, 0.25) is 0 Å². The van der Waals surface area contributed by atoms with Gasteiger partial charge in [-0.1, -0.05) is 58.3 Å². The number of hydrogen-bond acceptors (Lipinski definition) is 1. The Bertz CT molecular complexity index is 250. The maximum atomic E-state index is 5.81. The number of unbranched alkanes of at least 4 members (excludes halogenated alkanes) is 10. The molecule has 0 spiro atoms. The molecule has 1 heterocycles. The standard InChI is InChI=1S/C22H45OS/c1-3-4-5-15-20-24(2)21-16-11-9-7-6-8-10-12-17-22-18-13-14-19-23-22/h22H,3-21H2,1-2H3/q+1. The predicted molar refractivity (Wildman–Crippen MR) is 112 cm³/mol. The van der Waals surface area contributed by atoms with Crippen molar-refractivity contribution in [1.29, 1.82) is 0 Å². The molecule has 0 aromatic carbocycles. The van der Waals surface area contributed by atoms with Crippen LogP contribution in [0.4, 0.5) is 0 Å². The van der Waals surface area contributed by atoms with Gasteiger partial charge in [-0.05, 0) is 62.3 Å². The monoisotopic (exact) mass is 357 g/mol. The molecule has 1 rings (SSSR count). The minimum Gasteiger partial charge on any atom is -0.378 e. The smallest absolute Gasteiger partial charge is 0.107 e. The highest BCUT2D eigenvalue weighted by molar-refractivity contribution is 7.96. The molecule has 1 aliphatic rings. The Morgan fingerprint density at radius 2 is 1.33 bits per heavy atom. The quantitative estimate of drug-likeness (QED) is 0.216. The summed E-state index contributed by atoms with van der Waals surface area (Å²) in [7, 11) is 0.700. The topological polar surface area (TPSA) is 9.23 Å². The lowest BCUT2D eigenvalue weighted by molar-refractivity contribution is 0.00977. The second-order valence-corrected chi connectivity index (χ2v) is 10.2. The van der Waals surface area contributed by atoms with Crippen LogP contribution >= 0.6 is 0 Å². The van der Waals surface area contributed by atoms with Crippen LogP contribution in [0.3, 0.4) is 0 Å². The third-order valence-electron chi connectivity index (χ3n) is 5.39. The van der Waals surface area contributed by atoms with Crippen molar-refractivity contribution in [3.63, 3.8) is 0 Å². The van der Waals surface area contributed by atoms with Crippen LogP contribution in [0.15, 0.2) is 0 Å². The van der Waals surface area contributed by atoms with E-state index in [1.54, 1.807) is 0 Å². The van der Waals surface area contributed by atoms with Crippen molar-refractivity contribution in [2.75, 3.05) is 24.4 Å². The largest absolute Gasteiger partial charge is 0.378 e. The lowest BCUT2D eigenvalue weighted by Gasteiger charge is -2.22. The average Bonchev–Trinajstić information content (AvgIpc) is 2.61. The molecule has 1 fully saturated rings. The van der Waals surface area contributed by atoms with Gasteiger partial charge in [-0.3, -0.25) is 0 Å². The van der Waals surface area contributed by atoms with Gasteiger partial charge < -0.3 is 4.74 Å². The van der Waals surface area contributed by atoms with Crippen molar-refractivity contribution < 1.29 is 4.74 Å². The number of ether oxygens (including phenoxy) is 1. The second kappa shape index (κ2) is 16.8. The fourth-order valence-corrected chi connectivity index (χ4v) is 5.29. The molecule has 0 saturated carbocycles. The Morgan fingerprint density at radius 1 is 0.750 bits per heavy atom. The summed E-state index contributed by atoms with van der Waals surface area (Å²) >= 11 is 0. The van der Waals surface area contributed by atoms with Crippen LogP contribution in [0.2, 0.25) is 0 Å². The van der Waals surface area contributed by atoms with Gasteiger partial charge in [0.1, 0.15) is 11.5 Å². The normalized spacial score (nSPS) is 19.5. The van der Waals surface area contributed by atoms with Crippen LogP contribution in [-0.2, 0) is 15.6 Å².